The van der Waals surface area contributed by atoms with Gasteiger partial charge in [-0.25, -0.2) is 0 Å². The molecule has 36 heavy (non-hydrogen) atoms. The zero-order chi connectivity index (χ0) is 26.5. The Morgan fingerprint density at radius 1 is 1.17 bits per heavy atom. The van der Waals surface area contributed by atoms with E-state index in [4.69, 9.17) is 4.74 Å². The quantitative estimate of drug-likeness (QED) is 0.509. The summed E-state index contributed by atoms with van der Waals surface area (Å²) in [6, 6.07) is 7.73. The van der Waals surface area contributed by atoms with Gasteiger partial charge >= 0.3 is 0 Å². The van der Waals surface area contributed by atoms with Crippen molar-refractivity contribution < 1.29 is 24.2 Å². The normalized spacial score (nSPS) is 32.8. The third-order valence-electron chi connectivity index (χ3n) is 8.53. The molecule has 1 aromatic carbocycles. The van der Waals surface area contributed by atoms with Crippen LogP contribution in [0.3, 0.4) is 0 Å². The van der Waals surface area contributed by atoms with Crippen molar-refractivity contribution in [2.24, 2.45) is 17.8 Å². The largest absolute Gasteiger partial charge is 0.394 e. The van der Waals surface area contributed by atoms with Crippen molar-refractivity contribution in [3.05, 3.63) is 30.3 Å². The van der Waals surface area contributed by atoms with E-state index in [-0.39, 0.29) is 30.2 Å². The highest BCUT2D eigenvalue weighted by atomic mass is 16.5. The lowest BCUT2D eigenvalue weighted by Crippen LogP contribution is -2.61. The molecule has 2 bridgehead atoms. The lowest BCUT2D eigenvalue weighted by Gasteiger charge is -2.40. The molecule has 3 aliphatic rings. The molecular weight excluding hydrogens is 458 g/mol. The van der Waals surface area contributed by atoms with Crippen molar-refractivity contribution in [1.29, 1.82) is 0 Å². The van der Waals surface area contributed by atoms with E-state index < -0.39 is 40.7 Å². The average Bonchev–Trinajstić information content (AvgIpc) is 3.43. The van der Waals surface area contributed by atoms with Gasteiger partial charge in [0, 0.05) is 11.2 Å². The minimum Gasteiger partial charge on any atom is -0.394 e. The number of hydrogen-bond acceptors (Lipinski definition) is 5. The number of likely N-dealkylation sites (tertiary alicyclic amines) is 1. The Bertz CT molecular complexity index is 1010. The van der Waals surface area contributed by atoms with Crippen LogP contribution in [0.2, 0.25) is 0 Å². The van der Waals surface area contributed by atoms with E-state index in [9.17, 15) is 19.5 Å². The van der Waals surface area contributed by atoms with Gasteiger partial charge in [-0.15, -0.1) is 0 Å². The first kappa shape index (κ1) is 26.6. The number of carbonyl (C=O) groups excluding carboxylic acids is 3. The molecule has 198 valence electrons. The molecule has 8 nitrogen and oxygen atoms in total. The van der Waals surface area contributed by atoms with Gasteiger partial charge in [-0.3, -0.25) is 14.4 Å². The van der Waals surface area contributed by atoms with Crippen LogP contribution in [0.5, 0.6) is 0 Å². The molecule has 4 rings (SSSR count). The summed E-state index contributed by atoms with van der Waals surface area (Å²) in [5.74, 6) is -2.38. The van der Waals surface area contributed by atoms with Crippen molar-refractivity contribution in [2.75, 3.05) is 11.9 Å². The summed E-state index contributed by atoms with van der Waals surface area (Å²) in [5, 5.41) is 16.4. The van der Waals surface area contributed by atoms with E-state index in [1.807, 2.05) is 71.9 Å². The second-order valence-corrected chi connectivity index (χ2v) is 11.8. The Labute approximate surface area is 214 Å². The molecule has 0 saturated carbocycles. The number of para-hydroxylation sites is 1. The monoisotopic (exact) mass is 499 g/mol. The van der Waals surface area contributed by atoms with Gasteiger partial charge in [-0.05, 0) is 58.1 Å². The second kappa shape index (κ2) is 9.45. The lowest BCUT2D eigenvalue weighted by molar-refractivity contribution is -0.152. The highest BCUT2D eigenvalue weighted by Gasteiger charge is 2.79. The minimum absolute atomic E-state index is 0.0342. The first-order chi connectivity index (χ1) is 16.9. The molecule has 1 aromatic rings. The maximum atomic E-state index is 14.3. The summed E-state index contributed by atoms with van der Waals surface area (Å²) in [5.41, 5.74) is -1.78. The number of fused-ring (bicyclic) bond motifs is 1. The second-order valence-electron chi connectivity index (χ2n) is 11.8. The molecule has 2 unspecified atom stereocenters. The molecule has 7 atom stereocenters. The SMILES string of the molecule is CC[C@H](C)[C@H](CO)N1C(=O)[C@@H]2[C@H](C(=O)Nc3ccccc3)[C@]3(CC)CCC2(O3)C1C(=O)NC(C)(C)C. The summed E-state index contributed by atoms with van der Waals surface area (Å²) >= 11 is 0. The summed E-state index contributed by atoms with van der Waals surface area (Å²) in [4.78, 5) is 43.5. The van der Waals surface area contributed by atoms with Gasteiger partial charge in [-0.1, -0.05) is 45.4 Å². The van der Waals surface area contributed by atoms with Crippen LogP contribution >= 0.6 is 0 Å². The average molecular weight is 500 g/mol. The Balaban J connectivity index is 1.80. The maximum absolute atomic E-state index is 14.3. The van der Waals surface area contributed by atoms with E-state index in [1.54, 1.807) is 4.90 Å². The van der Waals surface area contributed by atoms with Gasteiger partial charge in [0.25, 0.3) is 0 Å². The minimum atomic E-state index is -1.11. The number of benzene rings is 1. The van der Waals surface area contributed by atoms with Gasteiger partial charge in [0.05, 0.1) is 30.1 Å². The zero-order valence-corrected chi connectivity index (χ0v) is 22.3. The molecule has 3 heterocycles. The number of anilines is 1. The molecule has 0 radical (unpaired) electrons. The Morgan fingerprint density at radius 3 is 2.39 bits per heavy atom. The van der Waals surface area contributed by atoms with Crippen LogP contribution in [0.15, 0.2) is 30.3 Å². The van der Waals surface area contributed by atoms with Gasteiger partial charge in [0.15, 0.2) is 0 Å². The number of rotatable bonds is 8. The van der Waals surface area contributed by atoms with Gasteiger partial charge < -0.3 is 25.4 Å². The van der Waals surface area contributed by atoms with Crippen molar-refractivity contribution in [2.45, 2.75) is 96.1 Å². The number of hydrogen-bond donors (Lipinski definition) is 3. The summed E-state index contributed by atoms with van der Waals surface area (Å²) in [6.45, 7) is 11.4. The van der Waals surface area contributed by atoms with E-state index in [0.29, 0.717) is 24.9 Å². The molecular formula is C28H41N3O5. The third-order valence-corrected chi connectivity index (χ3v) is 8.53. The first-order valence-electron chi connectivity index (χ1n) is 13.3. The first-order valence-corrected chi connectivity index (χ1v) is 13.3. The number of nitrogens with zero attached hydrogens (tertiary/aromatic N) is 1. The number of amides is 3. The zero-order valence-electron chi connectivity index (χ0n) is 22.3. The van der Waals surface area contributed by atoms with Gasteiger partial charge in [-0.2, -0.15) is 0 Å². The fraction of sp³-hybridized carbons (Fsp3) is 0.679. The Hall–Kier alpha value is -2.45. The standard InChI is InChI=1S/C28H41N3O5/c1-7-17(3)19(16-32)31-22(24(34)30-26(4,5)6)28-15-14-27(8-2,36-28)20(21(28)25(31)35)23(33)29-18-12-10-9-11-13-18/h9-13,17,19-22,32H,7-8,14-16H2,1-6H3,(H,29,33)(H,30,34)/t17-,19-,20+,21-,22?,27-,28?/m0/s1. The molecule has 3 N–H and O–H groups in total. The predicted octanol–water partition coefficient (Wildman–Crippen LogP) is 3.10. The van der Waals surface area contributed by atoms with Crippen molar-refractivity contribution in [3.63, 3.8) is 0 Å². The fourth-order valence-electron chi connectivity index (χ4n) is 6.70. The van der Waals surface area contributed by atoms with E-state index in [0.717, 1.165) is 6.42 Å². The molecule has 3 aliphatic heterocycles. The number of carbonyl (C=O) groups is 3. The molecule has 3 saturated heterocycles. The summed E-state index contributed by atoms with van der Waals surface area (Å²) in [7, 11) is 0. The van der Waals surface area contributed by atoms with E-state index >= 15 is 0 Å². The maximum Gasteiger partial charge on any atom is 0.246 e. The predicted molar refractivity (Wildman–Crippen MR) is 137 cm³/mol. The van der Waals surface area contributed by atoms with Gasteiger partial charge in [0.2, 0.25) is 17.7 Å². The van der Waals surface area contributed by atoms with Gasteiger partial charge in [0.1, 0.15) is 11.6 Å². The third kappa shape index (κ3) is 4.12. The topological polar surface area (TPSA) is 108 Å². The van der Waals surface area contributed by atoms with Crippen LogP contribution in [0.1, 0.15) is 67.2 Å². The number of ether oxygens (including phenoxy) is 1. The van der Waals surface area contributed by atoms with E-state index in [1.165, 1.54) is 0 Å². The molecule has 3 fully saturated rings. The number of nitrogens with one attached hydrogen (secondary N) is 2. The van der Waals surface area contributed by atoms with Crippen molar-refractivity contribution in [1.82, 2.24) is 10.2 Å². The molecule has 3 amide bonds. The van der Waals surface area contributed by atoms with Crippen LogP contribution in [0.4, 0.5) is 5.69 Å². The molecule has 8 heteroatoms. The molecule has 1 spiro atoms. The van der Waals surface area contributed by atoms with Crippen LogP contribution in [0.25, 0.3) is 0 Å². The fourth-order valence-corrected chi connectivity index (χ4v) is 6.70. The smallest absolute Gasteiger partial charge is 0.246 e. The van der Waals surface area contributed by atoms with Crippen LogP contribution < -0.4 is 10.6 Å². The Morgan fingerprint density at radius 2 is 1.83 bits per heavy atom. The summed E-state index contributed by atoms with van der Waals surface area (Å²) in [6.07, 6.45) is 2.41. The highest BCUT2D eigenvalue weighted by Crippen LogP contribution is 2.64. The molecule has 0 aliphatic carbocycles. The van der Waals surface area contributed by atoms with E-state index in [2.05, 4.69) is 10.6 Å². The summed E-state index contributed by atoms with van der Waals surface area (Å²) < 4.78 is 6.78. The van der Waals surface area contributed by atoms with Crippen molar-refractivity contribution >= 4 is 23.4 Å². The number of aliphatic hydroxyl groups is 1. The molecule has 0 aromatic heterocycles. The van der Waals surface area contributed by atoms with Crippen LogP contribution in [-0.2, 0) is 19.1 Å². The van der Waals surface area contributed by atoms with Crippen LogP contribution in [0, 0.1) is 17.8 Å². The highest BCUT2D eigenvalue weighted by molar-refractivity contribution is 6.02. The van der Waals surface area contributed by atoms with Crippen LogP contribution in [-0.4, -0.2) is 63.2 Å². The Kier molecular flexibility index (Phi) is 6.99. The lowest BCUT2D eigenvalue weighted by atomic mass is 9.65. The van der Waals surface area contributed by atoms with Crippen molar-refractivity contribution in [3.8, 4) is 0 Å². The number of aliphatic hydroxyl groups excluding tert-OH is 1.